The van der Waals surface area contributed by atoms with E-state index in [1.54, 1.807) is 0 Å². The average molecular weight is 353 g/mol. The quantitative estimate of drug-likeness (QED) is 0.489. The van der Waals surface area contributed by atoms with Gasteiger partial charge in [-0.15, -0.1) is 0 Å². The van der Waals surface area contributed by atoms with Gasteiger partial charge in [0.25, 0.3) is 11.6 Å². The fourth-order valence-corrected chi connectivity index (χ4v) is 1.84. The molecule has 0 heterocycles. The minimum Gasteiger partial charge on any atom is -0.343 e. The van der Waals surface area contributed by atoms with Gasteiger partial charge in [-0.25, -0.2) is 13.2 Å². The van der Waals surface area contributed by atoms with Crippen LogP contribution in [0.25, 0.3) is 0 Å². The number of nitrogens with one attached hydrogen (secondary N) is 2. The third-order valence-electron chi connectivity index (χ3n) is 3.04. The van der Waals surface area contributed by atoms with Crippen molar-refractivity contribution in [1.29, 1.82) is 0 Å². The van der Waals surface area contributed by atoms with Gasteiger partial charge >= 0.3 is 0 Å². The van der Waals surface area contributed by atoms with E-state index in [4.69, 9.17) is 0 Å². The Hall–Kier alpha value is -3.43. The highest BCUT2D eigenvalue weighted by Crippen LogP contribution is 2.19. The normalized spacial score (nSPS) is 10.2. The summed E-state index contributed by atoms with van der Waals surface area (Å²) in [4.78, 5) is 33.5. The Bertz CT molecular complexity index is 858. The van der Waals surface area contributed by atoms with Crippen molar-refractivity contribution in [3.05, 3.63) is 69.5 Å². The molecule has 0 radical (unpaired) electrons. The van der Waals surface area contributed by atoms with Crippen molar-refractivity contribution >= 4 is 23.2 Å². The summed E-state index contributed by atoms with van der Waals surface area (Å²) in [6, 6.07) is 6.26. The zero-order valence-electron chi connectivity index (χ0n) is 12.4. The standard InChI is InChI=1S/C15H10F3N3O4/c16-10-4-5-11(14(18)13(10)17)20-12(22)7-19-15(23)8-2-1-3-9(6-8)21(24)25/h1-6H,7H2,(H,19,23)(H,20,22). The topological polar surface area (TPSA) is 101 Å². The number of nitro groups is 1. The van der Waals surface area contributed by atoms with Gasteiger partial charge in [-0.2, -0.15) is 0 Å². The molecule has 130 valence electrons. The number of carbonyl (C=O) groups excluding carboxylic acids is 2. The predicted octanol–water partition coefficient (Wildman–Crippen LogP) is 2.38. The second-order valence-corrected chi connectivity index (χ2v) is 4.76. The Balaban J connectivity index is 1.98. The first-order valence-electron chi connectivity index (χ1n) is 6.75. The Labute approximate surface area is 138 Å². The number of halogens is 3. The number of carbonyl (C=O) groups is 2. The molecular formula is C15H10F3N3O4. The van der Waals surface area contributed by atoms with E-state index in [-0.39, 0.29) is 11.3 Å². The van der Waals surface area contributed by atoms with Crippen molar-refractivity contribution in [3.8, 4) is 0 Å². The monoisotopic (exact) mass is 353 g/mol. The van der Waals surface area contributed by atoms with Crippen LogP contribution in [0.3, 0.4) is 0 Å². The Morgan fingerprint density at radius 1 is 1.08 bits per heavy atom. The lowest BCUT2D eigenvalue weighted by Gasteiger charge is -2.08. The van der Waals surface area contributed by atoms with Crippen molar-refractivity contribution in [3.63, 3.8) is 0 Å². The molecule has 2 aromatic rings. The molecule has 0 aromatic heterocycles. The van der Waals surface area contributed by atoms with Crippen molar-refractivity contribution in [2.75, 3.05) is 11.9 Å². The minimum atomic E-state index is -1.74. The SMILES string of the molecule is O=C(CNC(=O)c1cccc([N+](=O)[O-])c1)Nc1ccc(F)c(F)c1F. The third kappa shape index (κ3) is 4.31. The molecule has 0 unspecified atom stereocenters. The summed E-state index contributed by atoms with van der Waals surface area (Å²) in [5, 5.41) is 14.8. The molecule has 0 aliphatic rings. The van der Waals surface area contributed by atoms with E-state index >= 15 is 0 Å². The molecule has 2 N–H and O–H groups in total. The summed E-state index contributed by atoms with van der Waals surface area (Å²) in [6.45, 7) is -0.611. The summed E-state index contributed by atoms with van der Waals surface area (Å²) < 4.78 is 39.3. The molecule has 0 aliphatic carbocycles. The van der Waals surface area contributed by atoms with E-state index in [0.717, 1.165) is 12.1 Å². The molecule has 0 saturated heterocycles. The Morgan fingerprint density at radius 3 is 2.48 bits per heavy atom. The first-order chi connectivity index (χ1) is 11.8. The number of hydrogen-bond acceptors (Lipinski definition) is 4. The van der Waals surface area contributed by atoms with E-state index in [0.29, 0.717) is 6.07 Å². The summed E-state index contributed by atoms with van der Waals surface area (Å²) in [5.41, 5.74) is -0.949. The Morgan fingerprint density at radius 2 is 1.80 bits per heavy atom. The number of anilines is 1. The van der Waals surface area contributed by atoms with Gasteiger partial charge in [0.15, 0.2) is 17.5 Å². The summed E-state index contributed by atoms with van der Waals surface area (Å²) in [5.74, 6) is -6.39. The van der Waals surface area contributed by atoms with Crippen LogP contribution < -0.4 is 10.6 Å². The molecular weight excluding hydrogens is 343 g/mol. The molecule has 0 saturated carbocycles. The summed E-state index contributed by atoms with van der Waals surface area (Å²) >= 11 is 0. The molecule has 10 heteroatoms. The van der Waals surface area contributed by atoms with Crippen molar-refractivity contribution in [2.24, 2.45) is 0 Å². The van der Waals surface area contributed by atoms with Gasteiger partial charge in [0.1, 0.15) is 0 Å². The van der Waals surface area contributed by atoms with Gasteiger partial charge in [-0.05, 0) is 18.2 Å². The third-order valence-corrected chi connectivity index (χ3v) is 3.04. The highest BCUT2D eigenvalue weighted by molar-refractivity contribution is 5.99. The second kappa shape index (κ2) is 7.43. The van der Waals surface area contributed by atoms with E-state index < -0.39 is 46.4 Å². The first-order valence-corrected chi connectivity index (χ1v) is 6.75. The van der Waals surface area contributed by atoms with Crippen LogP contribution in [-0.4, -0.2) is 23.3 Å². The van der Waals surface area contributed by atoms with E-state index in [1.807, 2.05) is 5.32 Å². The number of non-ortho nitro benzene ring substituents is 1. The highest BCUT2D eigenvalue weighted by Gasteiger charge is 2.16. The van der Waals surface area contributed by atoms with Crippen molar-refractivity contribution in [2.45, 2.75) is 0 Å². The van der Waals surface area contributed by atoms with Gasteiger partial charge in [0.05, 0.1) is 17.2 Å². The maximum Gasteiger partial charge on any atom is 0.270 e. The fraction of sp³-hybridized carbons (Fsp3) is 0.0667. The summed E-state index contributed by atoms with van der Waals surface area (Å²) in [6.07, 6.45) is 0. The van der Waals surface area contributed by atoms with Crippen LogP contribution in [0.1, 0.15) is 10.4 Å². The van der Waals surface area contributed by atoms with Crippen molar-refractivity contribution in [1.82, 2.24) is 5.32 Å². The molecule has 0 bridgehead atoms. The van der Waals surface area contributed by atoms with E-state index in [1.165, 1.54) is 18.2 Å². The molecule has 0 fully saturated rings. The number of nitrogens with zero attached hydrogens (tertiary/aromatic N) is 1. The lowest BCUT2D eigenvalue weighted by atomic mass is 10.2. The highest BCUT2D eigenvalue weighted by atomic mass is 19.2. The van der Waals surface area contributed by atoms with E-state index in [9.17, 15) is 32.9 Å². The first kappa shape index (κ1) is 17.9. The molecule has 7 nitrogen and oxygen atoms in total. The van der Waals surface area contributed by atoms with Crippen LogP contribution >= 0.6 is 0 Å². The number of hydrogen-bond donors (Lipinski definition) is 2. The van der Waals surface area contributed by atoms with Crippen LogP contribution in [0, 0.1) is 27.6 Å². The largest absolute Gasteiger partial charge is 0.343 e. The summed E-state index contributed by atoms with van der Waals surface area (Å²) in [7, 11) is 0. The zero-order chi connectivity index (χ0) is 18.6. The molecule has 2 aromatic carbocycles. The number of benzene rings is 2. The van der Waals surface area contributed by atoms with Gasteiger partial charge in [0.2, 0.25) is 5.91 Å². The van der Waals surface area contributed by atoms with Gasteiger partial charge in [-0.1, -0.05) is 6.07 Å². The lowest BCUT2D eigenvalue weighted by molar-refractivity contribution is -0.384. The predicted molar refractivity (Wildman–Crippen MR) is 80.4 cm³/mol. The van der Waals surface area contributed by atoms with Crippen LogP contribution in [0.4, 0.5) is 24.5 Å². The van der Waals surface area contributed by atoms with Gasteiger partial charge in [-0.3, -0.25) is 19.7 Å². The van der Waals surface area contributed by atoms with Gasteiger partial charge < -0.3 is 10.6 Å². The molecule has 0 atom stereocenters. The Kier molecular flexibility index (Phi) is 5.32. The van der Waals surface area contributed by atoms with E-state index in [2.05, 4.69) is 5.32 Å². The number of amides is 2. The maximum absolute atomic E-state index is 13.4. The lowest BCUT2D eigenvalue weighted by Crippen LogP contribution is -2.33. The van der Waals surface area contributed by atoms with Gasteiger partial charge in [0, 0.05) is 17.7 Å². The second-order valence-electron chi connectivity index (χ2n) is 4.76. The molecule has 25 heavy (non-hydrogen) atoms. The number of rotatable bonds is 5. The molecule has 2 rings (SSSR count). The minimum absolute atomic E-state index is 0.0546. The zero-order valence-corrected chi connectivity index (χ0v) is 12.4. The molecule has 0 spiro atoms. The molecule has 0 aliphatic heterocycles. The van der Waals surface area contributed by atoms with Crippen LogP contribution in [0.15, 0.2) is 36.4 Å². The maximum atomic E-state index is 13.4. The fourth-order valence-electron chi connectivity index (χ4n) is 1.84. The smallest absolute Gasteiger partial charge is 0.270 e. The van der Waals surface area contributed by atoms with Crippen LogP contribution in [-0.2, 0) is 4.79 Å². The van der Waals surface area contributed by atoms with Crippen molar-refractivity contribution < 1.29 is 27.7 Å². The van der Waals surface area contributed by atoms with Crippen LogP contribution in [0.5, 0.6) is 0 Å². The van der Waals surface area contributed by atoms with Crippen LogP contribution in [0.2, 0.25) is 0 Å². The number of nitro benzene ring substituents is 1. The average Bonchev–Trinajstić information content (AvgIpc) is 2.60. The molecule has 2 amide bonds.